The van der Waals surface area contributed by atoms with Gasteiger partial charge in [0.05, 0.1) is 11.9 Å². The van der Waals surface area contributed by atoms with Gasteiger partial charge < -0.3 is 10.2 Å². The van der Waals surface area contributed by atoms with Gasteiger partial charge in [-0.05, 0) is 12.1 Å². The van der Waals surface area contributed by atoms with Crippen LogP contribution in [0.4, 0.5) is 24.7 Å². The highest BCUT2D eigenvalue weighted by molar-refractivity contribution is 5.87. The van der Waals surface area contributed by atoms with Crippen molar-refractivity contribution >= 4 is 17.4 Å². The lowest BCUT2D eigenvalue weighted by molar-refractivity contribution is -0.224. The smallest absolute Gasteiger partial charge is 0.327 e. The minimum absolute atomic E-state index is 0.259. The highest BCUT2D eigenvalue weighted by atomic mass is 19.4. The number of carbonyl (C=O) groups is 1. The van der Waals surface area contributed by atoms with Crippen LogP contribution in [0.25, 0.3) is 0 Å². The molecule has 0 unspecified atom stereocenters. The van der Waals surface area contributed by atoms with Crippen molar-refractivity contribution < 1.29 is 18.0 Å². The number of halogens is 3. The Labute approximate surface area is 107 Å². The van der Waals surface area contributed by atoms with E-state index in [1.807, 2.05) is 0 Å². The number of carbonyl (C=O) groups excluding carboxylic acids is 1. The number of rotatable bonds is 2. The molecular formula is C11H11F3N4O. The van der Waals surface area contributed by atoms with Gasteiger partial charge in [0.1, 0.15) is 12.5 Å². The van der Waals surface area contributed by atoms with Crippen LogP contribution in [0.2, 0.25) is 0 Å². The highest BCUT2D eigenvalue weighted by Gasteiger charge is 2.38. The number of hydrogen-bond donors (Lipinski definition) is 1. The Morgan fingerprint density at radius 1 is 1.37 bits per heavy atom. The van der Waals surface area contributed by atoms with Crippen molar-refractivity contribution in [3.63, 3.8) is 0 Å². The van der Waals surface area contributed by atoms with Crippen LogP contribution in [0.15, 0.2) is 30.7 Å². The maximum absolute atomic E-state index is 12.4. The predicted molar refractivity (Wildman–Crippen MR) is 62.9 cm³/mol. The first-order valence-electron chi connectivity index (χ1n) is 5.38. The zero-order valence-electron chi connectivity index (χ0n) is 9.98. The minimum atomic E-state index is -4.39. The van der Waals surface area contributed by atoms with E-state index in [9.17, 15) is 18.0 Å². The number of nitrogens with zero attached hydrogens (tertiary/aromatic N) is 3. The van der Waals surface area contributed by atoms with Crippen molar-refractivity contribution in [2.75, 3.05) is 16.9 Å². The molecule has 0 fully saturated rings. The maximum Gasteiger partial charge on any atom is 0.485 e. The molecule has 0 aliphatic carbocycles. The Hall–Kier alpha value is -2.25. The van der Waals surface area contributed by atoms with Gasteiger partial charge in [-0.25, -0.2) is 4.98 Å². The van der Waals surface area contributed by atoms with Crippen LogP contribution in [0.1, 0.15) is 6.92 Å². The van der Waals surface area contributed by atoms with Gasteiger partial charge >= 0.3 is 6.30 Å². The molecule has 1 aliphatic heterocycles. The molecule has 1 aromatic heterocycles. The fraction of sp³-hybridized carbons (Fsp3) is 0.273. The maximum atomic E-state index is 12.4. The van der Waals surface area contributed by atoms with Gasteiger partial charge in [-0.2, -0.15) is 13.2 Å². The van der Waals surface area contributed by atoms with Crippen LogP contribution in [0.5, 0.6) is 0 Å². The molecule has 2 rings (SSSR count). The summed E-state index contributed by atoms with van der Waals surface area (Å²) in [7, 11) is 0. The number of pyridine rings is 1. The van der Waals surface area contributed by atoms with E-state index in [0.717, 1.165) is 6.20 Å². The molecule has 1 N–H and O–H groups in total. The van der Waals surface area contributed by atoms with Gasteiger partial charge in [-0.3, -0.25) is 9.69 Å². The fourth-order valence-corrected chi connectivity index (χ4v) is 1.56. The van der Waals surface area contributed by atoms with Crippen LogP contribution in [0.3, 0.4) is 0 Å². The van der Waals surface area contributed by atoms with Crippen molar-refractivity contribution in [1.82, 2.24) is 9.88 Å². The zero-order valence-corrected chi connectivity index (χ0v) is 9.98. The highest BCUT2D eigenvalue weighted by Crippen LogP contribution is 2.27. The summed E-state index contributed by atoms with van der Waals surface area (Å²) in [6, 6.07) is 3.11. The van der Waals surface area contributed by atoms with Gasteiger partial charge in [0.25, 0.3) is 0 Å². The number of amides is 1. The zero-order chi connectivity index (χ0) is 14.0. The molecule has 1 aliphatic rings. The Kier molecular flexibility index (Phi) is 3.32. The number of hydrogen-bond acceptors (Lipinski definition) is 4. The normalized spacial score (nSPS) is 14.9. The van der Waals surface area contributed by atoms with Crippen molar-refractivity contribution in [2.45, 2.75) is 13.2 Å². The molecular weight excluding hydrogens is 261 g/mol. The molecule has 0 aromatic carbocycles. The lowest BCUT2D eigenvalue weighted by atomic mass is 10.4. The molecule has 0 atom stereocenters. The molecule has 19 heavy (non-hydrogen) atoms. The molecule has 0 radical (unpaired) electrons. The number of anilines is 2. The standard InChI is InChI=1S/C11H11F3N4O/c1-8(19)16-10-3-2-9(6-15-10)17-4-5-18(7-17)11(12,13)14/h2-6H,7H2,1H3,(H,15,16,19). The van der Waals surface area contributed by atoms with E-state index in [2.05, 4.69) is 10.3 Å². The molecule has 2 heterocycles. The first-order valence-corrected chi connectivity index (χ1v) is 5.38. The predicted octanol–water partition coefficient (Wildman–Crippen LogP) is 2.11. The van der Waals surface area contributed by atoms with E-state index in [1.54, 1.807) is 6.07 Å². The molecule has 1 aromatic rings. The van der Waals surface area contributed by atoms with Crippen molar-refractivity contribution in [3.8, 4) is 0 Å². The van der Waals surface area contributed by atoms with Gasteiger partial charge in [0.15, 0.2) is 0 Å². The van der Waals surface area contributed by atoms with E-state index in [1.165, 1.54) is 30.3 Å². The Morgan fingerprint density at radius 3 is 2.58 bits per heavy atom. The van der Waals surface area contributed by atoms with E-state index in [-0.39, 0.29) is 17.5 Å². The molecule has 0 saturated heterocycles. The van der Waals surface area contributed by atoms with Crippen LogP contribution in [-0.2, 0) is 4.79 Å². The van der Waals surface area contributed by atoms with Gasteiger partial charge in [-0.15, -0.1) is 0 Å². The third kappa shape index (κ3) is 3.15. The molecule has 1 amide bonds. The van der Waals surface area contributed by atoms with Crippen molar-refractivity contribution in [3.05, 3.63) is 30.7 Å². The van der Waals surface area contributed by atoms with Crippen LogP contribution in [-0.4, -0.2) is 28.8 Å². The quantitative estimate of drug-likeness (QED) is 0.838. The number of aromatic nitrogens is 1. The van der Waals surface area contributed by atoms with E-state index in [4.69, 9.17) is 0 Å². The second-order valence-electron chi connectivity index (χ2n) is 3.93. The summed E-state index contributed by atoms with van der Waals surface area (Å²) in [5.74, 6) is 0.0941. The summed E-state index contributed by atoms with van der Waals surface area (Å²) in [5.41, 5.74) is 0.511. The van der Waals surface area contributed by atoms with Crippen LogP contribution >= 0.6 is 0 Å². The second kappa shape index (κ2) is 4.79. The molecule has 0 bridgehead atoms. The average Bonchev–Trinajstić information content (AvgIpc) is 2.78. The van der Waals surface area contributed by atoms with E-state index in [0.29, 0.717) is 11.5 Å². The second-order valence-corrected chi connectivity index (χ2v) is 3.93. The lowest BCUT2D eigenvalue weighted by Crippen LogP contribution is -2.36. The molecule has 0 spiro atoms. The molecule has 8 heteroatoms. The number of alkyl halides is 3. The summed E-state index contributed by atoms with van der Waals surface area (Å²) in [4.78, 5) is 16.4. The lowest BCUT2D eigenvalue weighted by Gasteiger charge is -2.22. The Bertz CT molecular complexity index is 498. The summed E-state index contributed by atoms with van der Waals surface area (Å²) >= 11 is 0. The molecule has 0 saturated carbocycles. The van der Waals surface area contributed by atoms with Crippen LogP contribution in [0, 0.1) is 0 Å². The van der Waals surface area contributed by atoms with E-state index < -0.39 is 6.30 Å². The van der Waals surface area contributed by atoms with Gasteiger partial charge in [-0.1, -0.05) is 0 Å². The first-order chi connectivity index (χ1) is 8.86. The Morgan fingerprint density at radius 2 is 2.11 bits per heavy atom. The van der Waals surface area contributed by atoms with Crippen molar-refractivity contribution in [1.29, 1.82) is 0 Å². The van der Waals surface area contributed by atoms with Gasteiger partial charge in [0, 0.05) is 19.3 Å². The Balaban J connectivity index is 2.05. The average molecular weight is 272 g/mol. The summed E-state index contributed by atoms with van der Waals surface area (Å²) < 4.78 is 37.3. The summed E-state index contributed by atoms with van der Waals surface area (Å²) in [6.07, 6.45) is -0.714. The fourth-order valence-electron chi connectivity index (χ4n) is 1.56. The van der Waals surface area contributed by atoms with Crippen molar-refractivity contribution in [2.24, 2.45) is 0 Å². The molecule has 5 nitrogen and oxygen atoms in total. The largest absolute Gasteiger partial charge is 0.485 e. The molecule has 102 valence electrons. The first kappa shape index (κ1) is 13.2. The summed E-state index contributed by atoms with van der Waals surface area (Å²) in [6.45, 7) is 1.03. The van der Waals surface area contributed by atoms with Crippen LogP contribution < -0.4 is 10.2 Å². The monoisotopic (exact) mass is 272 g/mol. The summed E-state index contributed by atoms with van der Waals surface area (Å²) in [5, 5.41) is 2.48. The third-order valence-electron chi connectivity index (χ3n) is 2.44. The minimum Gasteiger partial charge on any atom is -0.327 e. The van der Waals surface area contributed by atoms with E-state index >= 15 is 0 Å². The third-order valence-corrected chi connectivity index (χ3v) is 2.44. The SMILES string of the molecule is CC(=O)Nc1ccc(N2C=CN(C(F)(F)F)C2)cn1. The van der Waals surface area contributed by atoms with Gasteiger partial charge in [0.2, 0.25) is 5.91 Å². The topological polar surface area (TPSA) is 48.5 Å². The number of nitrogens with one attached hydrogen (secondary N) is 1.